The molecule has 0 unspecified atom stereocenters. The van der Waals surface area contributed by atoms with Gasteiger partial charge in [-0.15, -0.1) is 0 Å². The first kappa shape index (κ1) is 25.5. The molecular weight excluding hydrogens is 517 g/mol. The summed E-state index contributed by atoms with van der Waals surface area (Å²) in [7, 11) is -3.74. The number of hydrogen-bond donors (Lipinski definition) is 1. The number of halogens is 3. The fourth-order valence-electron chi connectivity index (χ4n) is 3.56. The Labute approximate surface area is 209 Å². The summed E-state index contributed by atoms with van der Waals surface area (Å²) in [5.74, 6) is -0.709. The maximum absolute atomic E-state index is 12.9. The van der Waals surface area contributed by atoms with Crippen LogP contribution < -0.4 is 9.62 Å². The van der Waals surface area contributed by atoms with E-state index in [2.05, 4.69) is 9.71 Å². The number of urea groups is 1. The minimum Gasteiger partial charge on any atom is -0.310 e. The summed E-state index contributed by atoms with van der Waals surface area (Å²) in [6.07, 6.45) is 1.38. The molecule has 36 heavy (non-hydrogen) atoms. The first-order chi connectivity index (χ1) is 17.0. The minimum atomic E-state index is -4.45. The summed E-state index contributed by atoms with van der Waals surface area (Å²) < 4.78 is 65.0. The maximum Gasteiger partial charge on any atom is 0.446 e. The first-order valence-corrected chi connectivity index (χ1v) is 12.9. The van der Waals surface area contributed by atoms with Gasteiger partial charge in [0.05, 0.1) is 11.4 Å². The van der Waals surface area contributed by atoms with E-state index < -0.39 is 27.5 Å². The third-order valence-electron chi connectivity index (χ3n) is 5.02. The molecule has 1 aliphatic heterocycles. The molecule has 2 aromatic carbocycles. The quantitative estimate of drug-likeness (QED) is 0.334. The zero-order chi connectivity index (χ0) is 25.9. The third kappa shape index (κ3) is 6.55. The van der Waals surface area contributed by atoms with E-state index in [9.17, 15) is 31.2 Å². The Kier molecular flexibility index (Phi) is 7.22. The number of rotatable bonds is 8. The van der Waals surface area contributed by atoms with E-state index in [1.54, 1.807) is 36.4 Å². The molecule has 188 valence electrons. The molecule has 1 aromatic heterocycles. The van der Waals surface area contributed by atoms with Crippen LogP contribution in [-0.4, -0.2) is 42.3 Å². The summed E-state index contributed by atoms with van der Waals surface area (Å²) in [6.45, 7) is -0.242. The van der Waals surface area contributed by atoms with Crippen molar-refractivity contribution in [3.63, 3.8) is 0 Å². The lowest BCUT2D eigenvalue weighted by molar-refractivity contribution is -0.116. The van der Waals surface area contributed by atoms with E-state index in [1.807, 2.05) is 0 Å². The number of thioether (sulfide) groups is 1. The van der Waals surface area contributed by atoms with E-state index in [0.717, 1.165) is 4.90 Å². The molecule has 1 N–H and O–H groups in total. The van der Waals surface area contributed by atoms with E-state index in [0.29, 0.717) is 11.1 Å². The highest BCUT2D eigenvalue weighted by molar-refractivity contribution is 8.00. The van der Waals surface area contributed by atoms with Gasteiger partial charge >= 0.3 is 11.5 Å². The van der Waals surface area contributed by atoms with Crippen molar-refractivity contribution in [3.8, 4) is 0 Å². The molecule has 4 rings (SSSR count). The van der Waals surface area contributed by atoms with Gasteiger partial charge in [-0.05, 0) is 59.3 Å². The second-order valence-corrected chi connectivity index (χ2v) is 10.7. The fraction of sp³-hybridized carbons (Fsp3) is 0.174. The van der Waals surface area contributed by atoms with Gasteiger partial charge < -0.3 is 4.90 Å². The number of alkyl halides is 3. The molecule has 0 bridgehead atoms. The predicted octanol–water partition coefficient (Wildman–Crippen LogP) is 4.60. The smallest absolute Gasteiger partial charge is 0.310 e. The van der Waals surface area contributed by atoms with Crippen molar-refractivity contribution in [2.45, 2.75) is 22.7 Å². The Morgan fingerprint density at radius 1 is 0.972 bits per heavy atom. The van der Waals surface area contributed by atoms with Crippen LogP contribution in [0.15, 0.2) is 77.8 Å². The highest BCUT2D eigenvalue weighted by atomic mass is 32.2. The number of nitrogens with one attached hydrogen (secondary N) is 1. The molecule has 0 saturated carbocycles. The van der Waals surface area contributed by atoms with Crippen LogP contribution in [0.4, 0.5) is 29.5 Å². The molecule has 3 amide bonds. The van der Waals surface area contributed by atoms with Crippen LogP contribution in [0.5, 0.6) is 0 Å². The van der Waals surface area contributed by atoms with Crippen molar-refractivity contribution < 1.29 is 31.2 Å². The average Bonchev–Trinajstić information content (AvgIpc) is 3.06. The molecule has 0 atom stereocenters. The van der Waals surface area contributed by atoms with Gasteiger partial charge in [-0.25, -0.2) is 23.1 Å². The average molecular weight is 537 g/mol. The van der Waals surface area contributed by atoms with Crippen molar-refractivity contribution in [3.05, 3.63) is 84.1 Å². The van der Waals surface area contributed by atoms with E-state index in [1.165, 1.54) is 41.4 Å². The monoisotopic (exact) mass is 536 g/mol. The van der Waals surface area contributed by atoms with Crippen LogP contribution in [0.25, 0.3) is 0 Å². The lowest BCUT2D eigenvalue weighted by Gasteiger charge is -2.18. The van der Waals surface area contributed by atoms with Crippen molar-refractivity contribution in [2.75, 3.05) is 16.2 Å². The number of aromatic nitrogens is 1. The number of benzene rings is 2. The second kappa shape index (κ2) is 10.2. The van der Waals surface area contributed by atoms with E-state index in [-0.39, 0.29) is 47.0 Å². The van der Waals surface area contributed by atoms with E-state index >= 15 is 0 Å². The van der Waals surface area contributed by atoms with Crippen molar-refractivity contribution in [1.29, 1.82) is 0 Å². The SMILES string of the molecule is O=C1CN(Cc2ccnc(NS(=O)(=O)Cc3ccccc3)c2)C(=O)N1c1ccc(SC(F)(F)F)cc1. The molecule has 0 radical (unpaired) electrons. The van der Waals surface area contributed by atoms with Crippen molar-refractivity contribution >= 4 is 45.2 Å². The van der Waals surface area contributed by atoms with Gasteiger partial charge in [0.1, 0.15) is 12.4 Å². The molecule has 1 fully saturated rings. The predicted molar refractivity (Wildman–Crippen MR) is 129 cm³/mol. The van der Waals surface area contributed by atoms with Gasteiger partial charge in [0, 0.05) is 17.6 Å². The van der Waals surface area contributed by atoms with Gasteiger partial charge in [0.2, 0.25) is 10.0 Å². The largest absolute Gasteiger partial charge is 0.446 e. The molecule has 1 aliphatic rings. The van der Waals surface area contributed by atoms with Crippen molar-refractivity contribution in [2.24, 2.45) is 0 Å². The zero-order valence-corrected chi connectivity index (χ0v) is 20.1. The Morgan fingerprint density at radius 3 is 2.33 bits per heavy atom. The fourth-order valence-corrected chi connectivity index (χ4v) is 5.24. The Balaban J connectivity index is 1.43. The van der Waals surface area contributed by atoms with Crippen molar-refractivity contribution in [1.82, 2.24) is 9.88 Å². The molecule has 8 nitrogen and oxygen atoms in total. The normalized spacial score (nSPS) is 14.4. The topological polar surface area (TPSA) is 99.7 Å². The number of imide groups is 1. The van der Waals surface area contributed by atoms with Gasteiger partial charge in [-0.1, -0.05) is 30.3 Å². The number of sulfonamides is 1. The molecular formula is C23H19F3N4O4S2. The minimum absolute atomic E-state index is 0.000977. The molecule has 0 spiro atoms. The summed E-state index contributed by atoms with van der Waals surface area (Å²) in [4.78, 5) is 31.5. The number of carbonyl (C=O) groups is 2. The van der Waals surface area contributed by atoms with Gasteiger partial charge in [-0.3, -0.25) is 9.52 Å². The number of carbonyl (C=O) groups excluding carboxylic acids is 2. The van der Waals surface area contributed by atoms with Crippen LogP contribution in [-0.2, 0) is 27.1 Å². The summed E-state index contributed by atoms with van der Waals surface area (Å²) >= 11 is -0.292. The van der Waals surface area contributed by atoms with E-state index in [4.69, 9.17) is 0 Å². The van der Waals surface area contributed by atoms with Crippen LogP contribution in [0, 0.1) is 0 Å². The van der Waals surface area contributed by atoms with Crippen LogP contribution in [0.2, 0.25) is 0 Å². The van der Waals surface area contributed by atoms with Crippen LogP contribution in [0.3, 0.4) is 0 Å². The number of pyridine rings is 1. The number of anilines is 2. The number of nitrogens with zero attached hydrogens (tertiary/aromatic N) is 3. The maximum atomic E-state index is 12.9. The Morgan fingerprint density at radius 2 is 1.67 bits per heavy atom. The second-order valence-electron chi connectivity index (χ2n) is 7.81. The standard InChI is InChI=1S/C23H19F3N4O4S2/c24-23(25,26)35-19-8-6-18(7-9-19)30-21(31)14-29(22(30)32)13-17-10-11-27-20(12-17)28-36(33,34)15-16-4-2-1-3-5-16/h1-12H,13-15H2,(H,27,28). The Bertz CT molecular complexity index is 1370. The summed E-state index contributed by atoms with van der Waals surface area (Å²) in [5.41, 5.74) is -3.16. The highest BCUT2D eigenvalue weighted by Gasteiger charge is 2.37. The first-order valence-electron chi connectivity index (χ1n) is 10.5. The van der Waals surface area contributed by atoms with Gasteiger partial charge in [0.15, 0.2) is 0 Å². The van der Waals surface area contributed by atoms with Gasteiger partial charge in [0.25, 0.3) is 5.91 Å². The number of hydrogen-bond acceptors (Lipinski definition) is 6. The molecule has 3 aromatic rings. The third-order valence-corrected chi connectivity index (χ3v) is 7.00. The zero-order valence-electron chi connectivity index (χ0n) is 18.5. The highest BCUT2D eigenvalue weighted by Crippen LogP contribution is 2.37. The molecule has 13 heteroatoms. The van der Waals surface area contributed by atoms with Crippen LogP contribution >= 0.6 is 11.8 Å². The summed E-state index contributed by atoms with van der Waals surface area (Å²) in [5, 5.41) is 0. The Hall–Kier alpha value is -3.58. The van der Waals surface area contributed by atoms with Crippen LogP contribution in [0.1, 0.15) is 11.1 Å². The molecule has 0 aliphatic carbocycles. The molecule has 1 saturated heterocycles. The molecule has 2 heterocycles. The lowest BCUT2D eigenvalue weighted by Crippen LogP contribution is -2.32. The summed E-state index contributed by atoms with van der Waals surface area (Å²) in [6, 6.07) is 16.0. The van der Waals surface area contributed by atoms with Gasteiger partial charge in [-0.2, -0.15) is 13.2 Å². The number of amides is 3. The lowest BCUT2D eigenvalue weighted by atomic mass is 10.2.